The van der Waals surface area contributed by atoms with Crippen molar-refractivity contribution in [2.75, 3.05) is 38.2 Å². The molecule has 0 bridgehead atoms. The number of anilines is 1. The van der Waals surface area contributed by atoms with Gasteiger partial charge in [-0.1, -0.05) is 29.8 Å². The molecule has 0 aliphatic carbocycles. The Morgan fingerprint density at radius 3 is 2.59 bits per heavy atom. The standard InChI is InChI=1S/C24H21ClN4O3/c1-31-20-4-2-3-18(15-20)23(30)28-11-13-29(14-12-28)24-21(16-26)27-22(32-24)10-7-17-5-8-19(25)9-6-17/h2-10,15H,11-14H2,1H3. The SMILES string of the molecule is COc1cccc(C(=O)N2CCN(c3oc(C=Cc4ccc(Cl)cc4)nc3C#N)CC2)c1. The molecule has 7 nitrogen and oxygen atoms in total. The lowest BCUT2D eigenvalue weighted by Crippen LogP contribution is -2.48. The van der Waals surface area contributed by atoms with Crippen molar-refractivity contribution >= 4 is 35.5 Å². The number of benzene rings is 2. The van der Waals surface area contributed by atoms with Crippen molar-refractivity contribution in [3.63, 3.8) is 0 Å². The fourth-order valence-electron chi connectivity index (χ4n) is 3.48. The lowest BCUT2D eigenvalue weighted by molar-refractivity contribution is 0.0745. The number of methoxy groups -OCH3 is 1. The third-order valence-electron chi connectivity index (χ3n) is 5.19. The molecule has 8 heteroatoms. The van der Waals surface area contributed by atoms with Crippen LogP contribution in [0, 0.1) is 11.3 Å². The number of ether oxygens (including phenoxy) is 1. The summed E-state index contributed by atoms with van der Waals surface area (Å²) in [6.07, 6.45) is 3.56. The highest BCUT2D eigenvalue weighted by molar-refractivity contribution is 6.30. The Labute approximate surface area is 191 Å². The second-order valence-electron chi connectivity index (χ2n) is 7.21. The van der Waals surface area contributed by atoms with Crippen LogP contribution >= 0.6 is 11.6 Å². The molecular formula is C24H21ClN4O3. The maximum Gasteiger partial charge on any atom is 0.254 e. The summed E-state index contributed by atoms with van der Waals surface area (Å²) in [6, 6.07) is 16.6. The van der Waals surface area contributed by atoms with E-state index in [-0.39, 0.29) is 11.6 Å². The molecule has 0 atom stereocenters. The molecule has 0 N–H and O–H groups in total. The minimum atomic E-state index is -0.0480. The Morgan fingerprint density at radius 2 is 1.91 bits per heavy atom. The summed E-state index contributed by atoms with van der Waals surface area (Å²) < 4.78 is 11.1. The number of rotatable bonds is 5. The van der Waals surface area contributed by atoms with Crippen LogP contribution in [0.25, 0.3) is 12.2 Å². The van der Waals surface area contributed by atoms with E-state index in [9.17, 15) is 10.1 Å². The quantitative estimate of drug-likeness (QED) is 0.577. The topological polar surface area (TPSA) is 82.6 Å². The van der Waals surface area contributed by atoms with E-state index in [2.05, 4.69) is 11.1 Å². The summed E-state index contributed by atoms with van der Waals surface area (Å²) in [5.41, 5.74) is 1.76. The first-order valence-electron chi connectivity index (χ1n) is 10.1. The fraction of sp³-hybridized carbons (Fsp3) is 0.208. The monoisotopic (exact) mass is 448 g/mol. The number of piperazine rings is 1. The number of carbonyl (C=O) groups is 1. The van der Waals surface area contributed by atoms with Gasteiger partial charge in [-0.15, -0.1) is 0 Å². The van der Waals surface area contributed by atoms with Gasteiger partial charge in [0.25, 0.3) is 5.91 Å². The lowest BCUT2D eigenvalue weighted by Gasteiger charge is -2.34. The van der Waals surface area contributed by atoms with Crippen LogP contribution in [0.3, 0.4) is 0 Å². The Balaban J connectivity index is 1.43. The first-order valence-corrected chi connectivity index (χ1v) is 10.5. The zero-order valence-corrected chi connectivity index (χ0v) is 18.2. The molecule has 0 saturated carbocycles. The summed E-state index contributed by atoms with van der Waals surface area (Å²) in [5.74, 6) is 1.38. The van der Waals surface area contributed by atoms with Gasteiger partial charge < -0.3 is 19.0 Å². The first kappa shape index (κ1) is 21.5. The summed E-state index contributed by atoms with van der Waals surface area (Å²) in [6.45, 7) is 2.11. The van der Waals surface area contributed by atoms with Gasteiger partial charge in [-0.3, -0.25) is 4.79 Å². The summed E-state index contributed by atoms with van der Waals surface area (Å²) in [4.78, 5) is 20.8. The normalized spacial score (nSPS) is 13.9. The summed E-state index contributed by atoms with van der Waals surface area (Å²) in [5, 5.41) is 10.2. The highest BCUT2D eigenvalue weighted by Crippen LogP contribution is 2.25. The molecule has 1 aliphatic heterocycles. The van der Waals surface area contributed by atoms with Gasteiger partial charge in [-0.25, -0.2) is 0 Å². The molecule has 32 heavy (non-hydrogen) atoms. The minimum absolute atomic E-state index is 0.0480. The predicted molar refractivity (Wildman–Crippen MR) is 123 cm³/mol. The number of hydrogen-bond donors (Lipinski definition) is 0. The van der Waals surface area contributed by atoms with E-state index >= 15 is 0 Å². The van der Waals surface area contributed by atoms with E-state index in [4.69, 9.17) is 20.8 Å². The molecule has 0 radical (unpaired) electrons. The van der Waals surface area contributed by atoms with Crippen LogP contribution in [0.2, 0.25) is 5.02 Å². The predicted octanol–water partition coefficient (Wildman–Crippen LogP) is 4.34. The highest BCUT2D eigenvalue weighted by atomic mass is 35.5. The van der Waals surface area contributed by atoms with Crippen molar-refractivity contribution in [1.29, 1.82) is 5.26 Å². The van der Waals surface area contributed by atoms with Crippen molar-refractivity contribution in [2.24, 2.45) is 0 Å². The Bertz CT molecular complexity index is 1170. The third kappa shape index (κ3) is 4.76. The van der Waals surface area contributed by atoms with Gasteiger partial charge >= 0.3 is 0 Å². The van der Waals surface area contributed by atoms with Crippen LogP contribution < -0.4 is 9.64 Å². The molecule has 2 heterocycles. The van der Waals surface area contributed by atoms with Crippen molar-refractivity contribution in [1.82, 2.24) is 9.88 Å². The van der Waals surface area contributed by atoms with E-state index in [1.807, 2.05) is 23.1 Å². The molecule has 1 aromatic heterocycles. The highest BCUT2D eigenvalue weighted by Gasteiger charge is 2.26. The van der Waals surface area contributed by atoms with Gasteiger partial charge in [-0.05, 0) is 42.0 Å². The molecule has 162 valence electrons. The molecule has 3 aromatic rings. The number of nitriles is 1. The van der Waals surface area contributed by atoms with Crippen molar-refractivity contribution < 1.29 is 13.9 Å². The van der Waals surface area contributed by atoms with Crippen LogP contribution in [0.15, 0.2) is 52.9 Å². The van der Waals surface area contributed by atoms with Gasteiger partial charge in [0.05, 0.1) is 7.11 Å². The molecule has 1 fully saturated rings. The van der Waals surface area contributed by atoms with Gasteiger partial charge in [0.15, 0.2) is 0 Å². The average molecular weight is 449 g/mol. The number of nitrogens with zero attached hydrogens (tertiary/aromatic N) is 4. The van der Waals surface area contributed by atoms with Gasteiger partial charge in [-0.2, -0.15) is 10.2 Å². The summed E-state index contributed by atoms with van der Waals surface area (Å²) >= 11 is 5.91. The van der Waals surface area contributed by atoms with Crippen LogP contribution in [0.1, 0.15) is 27.5 Å². The number of hydrogen-bond acceptors (Lipinski definition) is 6. The maximum absolute atomic E-state index is 12.8. The van der Waals surface area contributed by atoms with Crippen LogP contribution in [0.4, 0.5) is 5.88 Å². The van der Waals surface area contributed by atoms with Crippen molar-refractivity contribution in [3.05, 3.63) is 76.3 Å². The Hall–Kier alpha value is -3.76. The van der Waals surface area contributed by atoms with E-state index in [1.54, 1.807) is 54.5 Å². The zero-order valence-electron chi connectivity index (χ0n) is 17.5. The van der Waals surface area contributed by atoms with Crippen LogP contribution in [0.5, 0.6) is 5.75 Å². The molecule has 0 unspecified atom stereocenters. The fourth-order valence-corrected chi connectivity index (χ4v) is 3.61. The van der Waals surface area contributed by atoms with E-state index in [0.29, 0.717) is 54.3 Å². The maximum atomic E-state index is 12.8. The van der Waals surface area contributed by atoms with E-state index in [1.165, 1.54) is 0 Å². The number of halogens is 1. The molecule has 1 aliphatic rings. The zero-order chi connectivity index (χ0) is 22.5. The number of carbonyl (C=O) groups excluding carboxylic acids is 1. The first-order chi connectivity index (χ1) is 15.6. The van der Waals surface area contributed by atoms with Crippen LogP contribution in [-0.2, 0) is 0 Å². The molecule has 1 amide bonds. The van der Waals surface area contributed by atoms with E-state index in [0.717, 1.165) is 5.56 Å². The van der Waals surface area contributed by atoms with E-state index < -0.39 is 0 Å². The van der Waals surface area contributed by atoms with Crippen LogP contribution in [-0.4, -0.2) is 49.1 Å². The largest absolute Gasteiger partial charge is 0.497 e. The molecule has 4 rings (SSSR count). The van der Waals surface area contributed by atoms with Crippen molar-refractivity contribution in [2.45, 2.75) is 0 Å². The number of amides is 1. The Kier molecular flexibility index (Phi) is 6.43. The second kappa shape index (κ2) is 9.58. The van der Waals surface area contributed by atoms with Crippen molar-refractivity contribution in [3.8, 4) is 11.8 Å². The summed E-state index contributed by atoms with van der Waals surface area (Å²) in [7, 11) is 1.57. The molecule has 2 aromatic carbocycles. The Morgan fingerprint density at radius 1 is 1.16 bits per heavy atom. The average Bonchev–Trinajstić information content (AvgIpc) is 3.27. The third-order valence-corrected chi connectivity index (χ3v) is 5.44. The van der Waals surface area contributed by atoms with Gasteiger partial charge in [0, 0.05) is 42.8 Å². The minimum Gasteiger partial charge on any atom is -0.497 e. The van der Waals surface area contributed by atoms with Gasteiger partial charge in [0.2, 0.25) is 17.5 Å². The molecular weight excluding hydrogens is 428 g/mol. The second-order valence-corrected chi connectivity index (χ2v) is 7.65. The molecule has 0 spiro atoms. The van der Waals surface area contributed by atoms with Gasteiger partial charge in [0.1, 0.15) is 11.8 Å². The smallest absolute Gasteiger partial charge is 0.254 e. The molecule has 1 saturated heterocycles. The number of oxazole rings is 1. The number of aromatic nitrogens is 1. The lowest BCUT2D eigenvalue weighted by atomic mass is 10.1.